The van der Waals surface area contributed by atoms with Crippen LogP contribution in [0.4, 0.5) is 0 Å². The summed E-state index contributed by atoms with van der Waals surface area (Å²) in [6.07, 6.45) is 11.5. The molecular formula is C9H10O2. The maximum absolute atomic E-state index is 10.5. The Morgan fingerprint density at radius 2 is 2.00 bits per heavy atom. The third-order valence-corrected chi connectivity index (χ3v) is 1.52. The van der Waals surface area contributed by atoms with Crippen molar-refractivity contribution in [1.29, 1.82) is 0 Å². The van der Waals surface area contributed by atoms with E-state index in [1.54, 1.807) is 12.2 Å². The molecule has 1 N–H and O–H groups in total. The first-order valence-corrected chi connectivity index (χ1v) is 3.53. The van der Waals surface area contributed by atoms with Crippen molar-refractivity contribution < 1.29 is 9.90 Å². The van der Waals surface area contributed by atoms with Gasteiger partial charge in [0.15, 0.2) is 0 Å². The van der Waals surface area contributed by atoms with Gasteiger partial charge in [0, 0.05) is 0 Å². The van der Waals surface area contributed by atoms with E-state index in [9.17, 15) is 4.79 Å². The molecule has 0 aromatic heterocycles. The van der Waals surface area contributed by atoms with Gasteiger partial charge in [0.25, 0.3) is 0 Å². The van der Waals surface area contributed by atoms with Gasteiger partial charge in [0.1, 0.15) is 0 Å². The van der Waals surface area contributed by atoms with Crippen molar-refractivity contribution in [2.24, 2.45) is 5.92 Å². The molecule has 11 heavy (non-hydrogen) atoms. The lowest BCUT2D eigenvalue weighted by atomic mass is 10.0. The molecule has 0 saturated carbocycles. The third-order valence-electron chi connectivity index (χ3n) is 1.52. The molecule has 1 rings (SSSR count). The van der Waals surface area contributed by atoms with Gasteiger partial charge in [-0.2, -0.15) is 0 Å². The van der Waals surface area contributed by atoms with Crippen LogP contribution in [0.2, 0.25) is 0 Å². The molecule has 2 nitrogen and oxygen atoms in total. The quantitative estimate of drug-likeness (QED) is 0.618. The molecule has 2 heteroatoms. The molecule has 0 fully saturated rings. The van der Waals surface area contributed by atoms with E-state index in [1.807, 2.05) is 24.3 Å². The minimum absolute atomic E-state index is 0.365. The normalized spacial score (nSPS) is 22.7. The van der Waals surface area contributed by atoms with E-state index in [2.05, 4.69) is 0 Å². The van der Waals surface area contributed by atoms with E-state index in [4.69, 9.17) is 5.11 Å². The van der Waals surface area contributed by atoms with Crippen molar-refractivity contribution in [3.63, 3.8) is 0 Å². The monoisotopic (exact) mass is 150 g/mol. The maximum atomic E-state index is 10.5. The Kier molecular flexibility index (Phi) is 2.66. The van der Waals surface area contributed by atoms with E-state index in [0.29, 0.717) is 6.42 Å². The molecule has 1 aliphatic carbocycles. The Hall–Kier alpha value is -1.31. The number of hydrogen-bond donors (Lipinski definition) is 1. The summed E-state index contributed by atoms with van der Waals surface area (Å²) >= 11 is 0. The Morgan fingerprint density at radius 1 is 1.27 bits per heavy atom. The van der Waals surface area contributed by atoms with E-state index in [-0.39, 0.29) is 5.92 Å². The Balaban J connectivity index is 2.68. The second kappa shape index (κ2) is 3.76. The number of carboxylic acid groups (broad SMARTS) is 1. The van der Waals surface area contributed by atoms with Crippen molar-refractivity contribution in [3.8, 4) is 0 Å². The maximum Gasteiger partial charge on any atom is 0.310 e. The van der Waals surface area contributed by atoms with Gasteiger partial charge in [0.2, 0.25) is 0 Å². The SMILES string of the molecule is O=C(O)[C@H]1C=CC=CC=CC1. The second-order valence-electron chi connectivity index (χ2n) is 2.38. The highest BCUT2D eigenvalue weighted by molar-refractivity contribution is 5.72. The Labute approximate surface area is 65.5 Å². The second-order valence-corrected chi connectivity index (χ2v) is 2.38. The van der Waals surface area contributed by atoms with Crippen LogP contribution in [0, 0.1) is 5.92 Å². The highest BCUT2D eigenvalue weighted by Gasteiger charge is 2.10. The summed E-state index contributed by atoms with van der Waals surface area (Å²) in [6, 6.07) is 0. The van der Waals surface area contributed by atoms with E-state index >= 15 is 0 Å². The number of carboxylic acids is 1. The largest absolute Gasteiger partial charge is 0.481 e. The third kappa shape index (κ3) is 2.42. The van der Waals surface area contributed by atoms with Gasteiger partial charge in [-0.3, -0.25) is 4.79 Å². The highest BCUT2D eigenvalue weighted by Crippen LogP contribution is 2.08. The van der Waals surface area contributed by atoms with Crippen LogP contribution in [0.25, 0.3) is 0 Å². The molecule has 0 radical (unpaired) electrons. The van der Waals surface area contributed by atoms with E-state index in [0.717, 1.165) is 0 Å². The van der Waals surface area contributed by atoms with Gasteiger partial charge in [-0.05, 0) is 6.42 Å². The van der Waals surface area contributed by atoms with Crippen LogP contribution < -0.4 is 0 Å². The number of allylic oxidation sites excluding steroid dienone is 5. The average Bonchev–Trinajstić information content (AvgIpc) is 1.84. The fraction of sp³-hybridized carbons (Fsp3) is 0.222. The van der Waals surface area contributed by atoms with Gasteiger partial charge in [-0.1, -0.05) is 36.5 Å². The lowest BCUT2D eigenvalue weighted by Gasteiger charge is -2.03. The summed E-state index contributed by atoms with van der Waals surface area (Å²) in [6.45, 7) is 0. The zero-order chi connectivity index (χ0) is 8.10. The zero-order valence-electron chi connectivity index (χ0n) is 6.10. The van der Waals surface area contributed by atoms with Crippen molar-refractivity contribution in [3.05, 3.63) is 36.5 Å². The summed E-state index contributed by atoms with van der Waals surface area (Å²) in [5, 5.41) is 8.65. The minimum Gasteiger partial charge on any atom is -0.481 e. The molecule has 0 aromatic carbocycles. The van der Waals surface area contributed by atoms with Gasteiger partial charge >= 0.3 is 5.97 Å². The summed E-state index contributed by atoms with van der Waals surface area (Å²) < 4.78 is 0. The summed E-state index contributed by atoms with van der Waals surface area (Å²) in [5.41, 5.74) is 0. The van der Waals surface area contributed by atoms with Gasteiger partial charge < -0.3 is 5.11 Å². The van der Waals surface area contributed by atoms with Crippen LogP contribution >= 0.6 is 0 Å². The van der Waals surface area contributed by atoms with Gasteiger partial charge in [0.05, 0.1) is 5.92 Å². The first-order valence-electron chi connectivity index (χ1n) is 3.53. The topological polar surface area (TPSA) is 37.3 Å². The van der Waals surface area contributed by atoms with Crippen molar-refractivity contribution in [2.45, 2.75) is 6.42 Å². The number of hydrogen-bond acceptors (Lipinski definition) is 1. The molecular weight excluding hydrogens is 140 g/mol. The lowest BCUT2D eigenvalue weighted by molar-refractivity contribution is -0.139. The Morgan fingerprint density at radius 3 is 2.73 bits per heavy atom. The number of rotatable bonds is 1. The minimum atomic E-state index is -0.763. The predicted octanol–water partition coefficient (Wildman–Crippen LogP) is 1.76. The first kappa shape index (κ1) is 7.79. The molecule has 0 aliphatic heterocycles. The molecule has 0 spiro atoms. The summed E-state index contributed by atoms with van der Waals surface area (Å²) in [4.78, 5) is 10.5. The molecule has 1 aliphatic rings. The Bertz CT molecular complexity index is 224. The molecule has 0 heterocycles. The van der Waals surface area contributed by atoms with Crippen LogP contribution in [-0.4, -0.2) is 11.1 Å². The molecule has 0 saturated heterocycles. The van der Waals surface area contributed by atoms with Gasteiger partial charge in [-0.15, -0.1) is 0 Å². The van der Waals surface area contributed by atoms with Crippen LogP contribution in [0.1, 0.15) is 6.42 Å². The van der Waals surface area contributed by atoms with Crippen LogP contribution in [0.3, 0.4) is 0 Å². The molecule has 0 bridgehead atoms. The molecule has 0 unspecified atom stereocenters. The highest BCUT2D eigenvalue weighted by atomic mass is 16.4. The smallest absolute Gasteiger partial charge is 0.310 e. The number of carbonyl (C=O) groups is 1. The predicted molar refractivity (Wildman–Crippen MR) is 43.2 cm³/mol. The van der Waals surface area contributed by atoms with Crippen molar-refractivity contribution >= 4 is 5.97 Å². The molecule has 58 valence electrons. The molecule has 0 amide bonds. The van der Waals surface area contributed by atoms with Crippen molar-refractivity contribution in [1.82, 2.24) is 0 Å². The van der Waals surface area contributed by atoms with E-state index < -0.39 is 5.97 Å². The number of aliphatic carboxylic acids is 1. The summed E-state index contributed by atoms with van der Waals surface area (Å²) in [5.74, 6) is -1.13. The lowest BCUT2D eigenvalue weighted by Crippen LogP contribution is -2.09. The molecule has 0 aromatic rings. The fourth-order valence-electron chi connectivity index (χ4n) is 0.892. The van der Waals surface area contributed by atoms with E-state index in [1.165, 1.54) is 0 Å². The van der Waals surface area contributed by atoms with Crippen molar-refractivity contribution in [2.75, 3.05) is 0 Å². The average molecular weight is 150 g/mol. The summed E-state index contributed by atoms with van der Waals surface area (Å²) in [7, 11) is 0. The zero-order valence-corrected chi connectivity index (χ0v) is 6.10. The fourth-order valence-corrected chi connectivity index (χ4v) is 0.892. The van der Waals surface area contributed by atoms with Crippen LogP contribution in [-0.2, 0) is 4.79 Å². The standard InChI is InChI=1S/C9H10O2/c10-9(11)8-6-4-2-1-3-5-7-8/h1-6,8H,7H2,(H,10,11)/t8-/m0/s1. The van der Waals surface area contributed by atoms with Crippen LogP contribution in [0.5, 0.6) is 0 Å². The first-order chi connectivity index (χ1) is 5.30. The van der Waals surface area contributed by atoms with Crippen LogP contribution in [0.15, 0.2) is 36.5 Å². The molecule has 1 atom stereocenters. The van der Waals surface area contributed by atoms with Gasteiger partial charge in [-0.25, -0.2) is 0 Å².